The Morgan fingerprint density at radius 1 is 0.500 bits per heavy atom. The predicted octanol–water partition coefficient (Wildman–Crippen LogP) is 9.17. The number of fused-ring (bicyclic) bond motifs is 1. The second kappa shape index (κ2) is 17.4. The van der Waals surface area contributed by atoms with Crippen molar-refractivity contribution in [2.45, 2.75) is 180 Å². The van der Waals surface area contributed by atoms with Crippen molar-refractivity contribution in [1.29, 1.82) is 0 Å². The summed E-state index contributed by atoms with van der Waals surface area (Å²) in [7, 11) is 0. The molecule has 0 aromatic rings. The molecule has 3 fully saturated rings. The monoisotopic (exact) mass is 474 g/mol. The molecule has 2 aliphatic carbocycles. The number of piperazine rings is 1. The zero-order chi connectivity index (χ0) is 23.8. The molecule has 0 aromatic heterocycles. The third-order valence-electron chi connectivity index (χ3n) is 9.88. The third kappa shape index (κ3) is 10.5. The van der Waals surface area contributed by atoms with Crippen LogP contribution in [0.15, 0.2) is 0 Å². The van der Waals surface area contributed by atoms with Gasteiger partial charge in [0.2, 0.25) is 0 Å². The van der Waals surface area contributed by atoms with Gasteiger partial charge in [-0.05, 0) is 49.9 Å². The normalized spacial score (nSPS) is 31.9. The van der Waals surface area contributed by atoms with Gasteiger partial charge in [0.1, 0.15) is 0 Å². The summed E-state index contributed by atoms with van der Waals surface area (Å²) in [6, 6.07) is 2.27. The van der Waals surface area contributed by atoms with E-state index in [0.29, 0.717) is 0 Å². The molecular weight excluding hydrogens is 412 g/mol. The van der Waals surface area contributed by atoms with Gasteiger partial charge in [0.05, 0.1) is 0 Å². The Hall–Kier alpha value is -0.0800. The van der Waals surface area contributed by atoms with Crippen molar-refractivity contribution < 1.29 is 0 Å². The lowest BCUT2D eigenvalue weighted by molar-refractivity contribution is 0.122. The molecule has 3 aliphatic rings. The molecule has 1 saturated heterocycles. The van der Waals surface area contributed by atoms with E-state index in [1.807, 2.05) is 0 Å². The minimum atomic E-state index is 0.750. The van der Waals surface area contributed by atoms with Crippen LogP contribution in [-0.2, 0) is 0 Å². The van der Waals surface area contributed by atoms with E-state index in [9.17, 15) is 0 Å². The highest BCUT2D eigenvalue weighted by molar-refractivity contribution is 4.98. The van der Waals surface area contributed by atoms with Gasteiger partial charge in [-0.1, -0.05) is 129 Å². The number of hydrogen-bond acceptors (Lipinski definition) is 2. The second-order valence-corrected chi connectivity index (χ2v) is 12.7. The first-order chi connectivity index (χ1) is 16.8. The van der Waals surface area contributed by atoms with Crippen molar-refractivity contribution in [3.05, 3.63) is 0 Å². The first kappa shape index (κ1) is 28.5. The van der Waals surface area contributed by atoms with Crippen LogP contribution < -0.4 is 10.6 Å². The fourth-order valence-corrected chi connectivity index (χ4v) is 7.52. The van der Waals surface area contributed by atoms with Crippen molar-refractivity contribution in [1.82, 2.24) is 10.6 Å². The zero-order valence-corrected chi connectivity index (χ0v) is 23.4. The molecule has 2 saturated carbocycles. The Morgan fingerprint density at radius 3 is 1.65 bits per heavy atom. The van der Waals surface area contributed by atoms with Gasteiger partial charge >= 0.3 is 0 Å². The largest absolute Gasteiger partial charge is 0.311 e. The van der Waals surface area contributed by atoms with E-state index in [2.05, 4.69) is 24.5 Å². The van der Waals surface area contributed by atoms with Crippen molar-refractivity contribution in [2.24, 2.45) is 17.8 Å². The topological polar surface area (TPSA) is 24.1 Å². The van der Waals surface area contributed by atoms with Crippen molar-refractivity contribution >= 4 is 0 Å². The van der Waals surface area contributed by atoms with Crippen LogP contribution in [0.5, 0.6) is 0 Å². The van der Waals surface area contributed by atoms with Crippen LogP contribution >= 0.6 is 0 Å². The van der Waals surface area contributed by atoms with Crippen molar-refractivity contribution in [3.8, 4) is 0 Å². The minimum Gasteiger partial charge on any atom is -0.311 e. The third-order valence-corrected chi connectivity index (χ3v) is 9.88. The molecule has 200 valence electrons. The zero-order valence-electron chi connectivity index (χ0n) is 23.4. The van der Waals surface area contributed by atoms with Crippen LogP contribution in [0.1, 0.15) is 162 Å². The average molecular weight is 475 g/mol. The summed E-state index contributed by atoms with van der Waals surface area (Å²) in [5, 5.41) is 8.21. The molecule has 3 rings (SSSR count). The number of unbranched alkanes of at least 4 members (excludes halogenated alkanes) is 12. The maximum atomic E-state index is 4.17. The van der Waals surface area contributed by atoms with Crippen LogP contribution in [0.3, 0.4) is 0 Å². The van der Waals surface area contributed by atoms with Gasteiger partial charge in [-0.2, -0.15) is 0 Å². The summed E-state index contributed by atoms with van der Waals surface area (Å²) < 4.78 is 0. The summed E-state index contributed by atoms with van der Waals surface area (Å²) in [6.07, 6.45) is 33.7. The molecule has 0 radical (unpaired) electrons. The van der Waals surface area contributed by atoms with Gasteiger partial charge < -0.3 is 10.6 Å². The van der Waals surface area contributed by atoms with Crippen LogP contribution in [0, 0.1) is 17.8 Å². The standard InChI is InChI=1S/C32H62N2/c1-3-5-7-9-11-13-15-17-27-19-22-29(23-20-27)32-26-33-31-25-28(21-24-30(31)34-32)18-16-14-12-10-8-6-4-2/h27-34H,3-26H2,1-2H3. The molecule has 1 aliphatic heterocycles. The molecule has 0 aromatic carbocycles. The molecule has 0 bridgehead atoms. The minimum absolute atomic E-state index is 0.750. The van der Waals surface area contributed by atoms with Crippen molar-refractivity contribution in [3.63, 3.8) is 0 Å². The number of hydrogen-bond donors (Lipinski definition) is 2. The van der Waals surface area contributed by atoms with Crippen molar-refractivity contribution in [2.75, 3.05) is 6.54 Å². The Balaban J connectivity index is 1.22. The summed E-state index contributed by atoms with van der Waals surface area (Å²) >= 11 is 0. The van der Waals surface area contributed by atoms with Crippen LogP contribution in [-0.4, -0.2) is 24.7 Å². The van der Waals surface area contributed by atoms with E-state index in [-0.39, 0.29) is 0 Å². The van der Waals surface area contributed by atoms with Gasteiger partial charge in [0.25, 0.3) is 0 Å². The molecule has 0 amide bonds. The smallest absolute Gasteiger partial charge is 0.0224 e. The van der Waals surface area contributed by atoms with E-state index in [0.717, 1.165) is 35.9 Å². The lowest BCUT2D eigenvalue weighted by Gasteiger charge is -2.47. The molecule has 1 heterocycles. The molecule has 0 spiro atoms. The number of nitrogens with one attached hydrogen (secondary N) is 2. The quantitative estimate of drug-likeness (QED) is 0.205. The Kier molecular flexibility index (Phi) is 14.6. The van der Waals surface area contributed by atoms with E-state index in [1.165, 1.54) is 154 Å². The summed E-state index contributed by atoms with van der Waals surface area (Å²) in [6.45, 7) is 5.87. The Bertz CT molecular complexity index is 481. The summed E-state index contributed by atoms with van der Waals surface area (Å²) in [5.41, 5.74) is 0. The highest BCUT2D eigenvalue weighted by atomic mass is 15.1. The van der Waals surface area contributed by atoms with E-state index in [1.54, 1.807) is 0 Å². The van der Waals surface area contributed by atoms with Gasteiger partial charge in [-0.15, -0.1) is 0 Å². The van der Waals surface area contributed by atoms with Crippen LogP contribution in [0.4, 0.5) is 0 Å². The Labute approximate surface area is 214 Å². The summed E-state index contributed by atoms with van der Waals surface area (Å²) in [4.78, 5) is 0. The molecule has 4 atom stereocenters. The second-order valence-electron chi connectivity index (χ2n) is 12.7. The lowest BCUT2D eigenvalue weighted by Crippen LogP contribution is -2.64. The average Bonchev–Trinajstić information content (AvgIpc) is 2.87. The van der Waals surface area contributed by atoms with Crippen LogP contribution in [0.2, 0.25) is 0 Å². The SMILES string of the molecule is CCCCCCCCCC1CCC(C2CNC3CC(CCCCCCCCC)CCC3N2)CC1. The molecule has 34 heavy (non-hydrogen) atoms. The maximum Gasteiger partial charge on any atom is 0.0224 e. The highest BCUT2D eigenvalue weighted by Crippen LogP contribution is 2.36. The highest BCUT2D eigenvalue weighted by Gasteiger charge is 2.38. The summed E-state index contributed by atoms with van der Waals surface area (Å²) in [5.74, 6) is 2.97. The molecular formula is C32H62N2. The van der Waals surface area contributed by atoms with E-state index in [4.69, 9.17) is 0 Å². The molecule has 2 heteroatoms. The number of rotatable bonds is 17. The first-order valence-corrected chi connectivity index (χ1v) is 16.3. The first-order valence-electron chi connectivity index (χ1n) is 16.3. The van der Waals surface area contributed by atoms with E-state index < -0.39 is 0 Å². The fourth-order valence-electron chi connectivity index (χ4n) is 7.52. The predicted molar refractivity (Wildman–Crippen MR) is 151 cm³/mol. The Morgan fingerprint density at radius 2 is 1.03 bits per heavy atom. The fraction of sp³-hybridized carbons (Fsp3) is 1.00. The van der Waals surface area contributed by atoms with Gasteiger partial charge in [-0.3, -0.25) is 0 Å². The van der Waals surface area contributed by atoms with E-state index >= 15 is 0 Å². The van der Waals surface area contributed by atoms with Gasteiger partial charge in [0, 0.05) is 24.7 Å². The maximum absolute atomic E-state index is 4.17. The van der Waals surface area contributed by atoms with Crippen LogP contribution in [0.25, 0.3) is 0 Å². The molecule has 2 nitrogen and oxygen atoms in total. The lowest BCUT2D eigenvalue weighted by atomic mass is 9.74. The molecule has 2 N–H and O–H groups in total. The van der Waals surface area contributed by atoms with Gasteiger partial charge in [-0.25, -0.2) is 0 Å². The molecule has 4 unspecified atom stereocenters. The van der Waals surface area contributed by atoms with Gasteiger partial charge in [0.15, 0.2) is 0 Å².